The van der Waals surface area contributed by atoms with E-state index in [0.29, 0.717) is 28.6 Å². The molecule has 0 bridgehead atoms. The van der Waals surface area contributed by atoms with Crippen LogP contribution in [0.2, 0.25) is 0 Å². The Balaban J connectivity index is 0.000000199. The normalized spacial score (nSPS) is 12.5. The Morgan fingerprint density at radius 2 is 1.07 bits per heavy atom. The average molecular weight is 1130 g/mol. The molecule has 1 radical (unpaired) electrons. The van der Waals surface area contributed by atoms with Gasteiger partial charge in [0.25, 0.3) is 0 Å². The van der Waals surface area contributed by atoms with Crippen molar-refractivity contribution < 1.29 is 28.6 Å². The molecule has 0 aliphatic heterocycles. The molecule has 12 rings (SSSR count). The van der Waals surface area contributed by atoms with E-state index in [1.54, 1.807) is 12.1 Å². The van der Waals surface area contributed by atoms with Gasteiger partial charge in [-0.2, -0.15) is 0 Å². The molecule has 12 aromatic rings. The van der Waals surface area contributed by atoms with Crippen molar-refractivity contribution in [1.82, 2.24) is 19.1 Å². The van der Waals surface area contributed by atoms with Gasteiger partial charge in [-0.25, -0.2) is 0 Å². The Labute approximate surface area is 447 Å². The van der Waals surface area contributed by atoms with Crippen molar-refractivity contribution in [2.45, 2.75) is 85.9 Å². The maximum atomic E-state index is 7.89. The molecule has 0 spiro atoms. The summed E-state index contributed by atoms with van der Waals surface area (Å²) < 4.78 is 35.0. The van der Waals surface area contributed by atoms with Gasteiger partial charge >= 0.3 is 0 Å². The van der Waals surface area contributed by atoms with Crippen LogP contribution in [-0.4, -0.2) is 19.1 Å². The molecule has 365 valence electrons. The Morgan fingerprint density at radius 1 is 0.479 bits per heavy atom. The second kappa shape index (κ2) is 20.3. The molecule has 6 heteroatoms. The van der Waals surface area contributed by atoms with Crippen molar-refractivity contribution in [3.8, 4) is 45.3 Å². The number of imidazole rings is 2. The third-order valence-corrected chi connectivity index (χ3v) is 14.0. The first-order valence-corrected chi connectivity index (χ1v) is 25.3. The van der Waals surface area contributed by atoms with E-state index >= 15 is 0 Å². The van der Waals surface area contributed by atoms with Crippen LogP contribution in [0.15, 0.2) is 180 Å². The van der Waals surface area contributed by atoms with Crippen LogP contribution in [0.3, 0.4) is 0 Å². The number of nitrogens with zero attached hydrogens (tertiary/aromatic N) is 4. The number of aryl methyl sites for hydroxylation is 1. The van der Waals surface area contributed by atoms with Crippen molar-refractivity contribution in [3.63, 3.8) is 0 Å². The van der Waals surface area contributed by atoms with Gasteiger partial charge in [-0.1, -0.05) is 163 Å². The van der Waals surface area contributed by atoms with Crippen LogP contribution in [0, 0.1) is 19.0 Å². The predicted molar refractivity (Wildman–Crippen MR) is 302 cm³/mol. The minimum atomic E-state index is -2.18. The third-order valence-electron chi connectivity index (χ3n) is 14.0. The topological polar surface area (TPSA) is 48.8 Å². The number of hydrogen-bond acceptors (Lipinski definition) is 3. The molecule has 73 heavy (non-hydrogen) atoms. The molecule has 0 unspecified atom stereocenters. The number of benzene rings is 9. The number of hydrogen-bond donors (Lipinski definition) is 0. The Kier molecular flexibility index (Phi) is 12.6. The minimum Gasteiger partial charge on any atom is -0.501 e. The van der Waals surface area contributed by atoms with Crippen molar-refractivity contribution in [3.05, 3.63) is 216 Å². The van der Waals surface area contributed by atoms with E-state index in [1.165, 1.54) is 39.1 Å². The second-order valence-corrected chi connectivity index (χ2v) is 20.2. The van der Waals surface area contributed by atoms with E-state index in [4.69, 9.17) is 18.5 Å². The molecule has 0 saturated heterocycles. The van der Waals surface area contributed by atoms with Crippen LogP contribution in [0.25, 0.3) is 100 Å². The van der Waals surface area contributed by atoms with E-state index < -0.39 is 6.85 Å². The molecule has 3 aromatic heterocycles. The maximum absolute atomic E-state index is 7.89. The van der Waals surface area contributed by atoms with E-state index in [-0.39, 0.29) is 31.9 Å². The standard InChI is InChI=1S/C42H35N2O.C25H25N2.Ir/c1-25(2)34-22-31(28-12-7-6-8-13-28)23-35(26(3)4)40(34)44-38-17-10-9-16-37(38)43-42(44)33-15-11-14-32-36-21-29-19-18-27(5)20-30(29)24-39(36)45-41(32)33;1-17(2)20-13-10-14-21(18(3)4)24(20)27-23-16-9-8-15-22(23)26-25(27)19-11-6-5-7-12-19;/h6-14,16-26H,1-5H3;5-11,13-18H,1-4H3;/q2*-1;/i5D3;;. The molecular formula is C67H60IrN4O-2. The fourth-order valence-electron chi connectivity index (χ4n) is 10.4. The molecule has 0 fully saturated rings. The summed E-state index contributed by atoms with van der Waals surface area (Å²) in [5.74, 6) is 3.06. The third kappa shape index (κ3) is 9.02. The summed E-state index contributed by atoms with van der Waals surface area (Å²) in [6, 6.07) is 66.9. The van der Waals surface area contributed by atoms with E-state index in [0.717, 1.165) is 72.1 Å². The van der Waals surface area contributed by atoms with E-state index in [1.807, 2.05) is 48.5 Å². The molecule has 9 aromatic carbocycles. The zero-order valence-electron chi connectivity index (χ0n) is 45.6. The Bertz CT molecular complexity index is 4020. The number of rotatable bonds is 9. The summed E-state index contributed by atoms with van der Waals surface area (Å²) in [6.45, 7) is 15.9. The number of aromatic nitrogens is 4. The molecular weight excluding hydrogens is 1070 g/mol. The number of para-hydroxylation sites is 5. The Hall–Kier alpha value is -7.37. The van der Waals surface area contributed by atoms with Crippen molar-refractivity contribution in [2.75, 3.05) is 0 Å². The fraction of sp³-hybridized carbons (Fsp3) is 0.194. The largest absolute Gasteiger partial charge is 0.501 e. The van der Waals surface area contributed by atoms with Crippen LogP contribution in [0.5, 0.6) is 0 Å². The van der Waals surface area contributed by atoms with Crippen LogP contribution in [0.1, 0.15) is 111 Å². The zero-order chi connectivity index (χ0) is 52.3. The maximum Gasteiger partial charge on any atom is 0.121 e. The van der Waals surface area contributed by atoms with Gasteiger partial charge in [-0.05, 0) is 123 Å². The van der Waals surface area contributed by atoms with Crippen molar-refractivity contribution in [1.29, 1.82) is 0 Å². The zero-order valence-corrected chi connectivity index (χ0v) is 45.0. The SMILES string of the molecule is CC(C)c1cccc(C(C)C)c1-n1c(-c2[c-]cccc2)nc2ccccc21.[2H]C([2H])([2H])c1ccc2cc3c(cc2c1)oc1c(-c2nc4ccccc4n2-c2c(C(C)C)cc(-c4ccccc4)cc2C(C)C)[c-]ccc13.[Ir]. The van der Waals surface area contributed by atoms with Gasteiger partial charge in [0.05, 0.1) is 39.3 Å². The van der Waals surface area contributed by atoms with Gasteiger partial charge in [0.2, 0.25) is 0 Å². The van der Waals surface area contributed by atoms with Crippen LogP contribution < -0.4 is 0 Å². The molecule has 0 atom stereocenters. The number of furan rings is 1. The first-order chi connectivity index (χ1) is 36.2. The Morgan fingerprint density at radius 3 is 1.68 bits per heavy atom. The van der Waals surface area contributed by atoms with Gasteiger partial charge in [-0.15, -0.1) is 54.1 Å². The second-order valence-electron chi connectivity index (χ2n) is 20.2. The van der Waals surface area contributed by atoms with Crippen LogP contribution >= 0.6 is 0 Å². The minimum absolute atomic E-state index is 0. The van der Waals surface area contributed by atoms with E-state index in [9.17, 15) is 0 Å². The van der Waals surface area contributed by atoms with Crippen molar-refractivity contribution >= 4 is 54.8 Å². The van der Waals surface area contributed by atoms with Gasteiger partial charge in [-0.3, -0.25) is 9.97 Å². The molecule has 0 aliphatic carbocycles. The average Bonchev–Trinajstić information content (AvgIpc) is 4.15. The van der Waals surface area contributed by atoms with E-state index in [2.05, 4.69) is 192 Å². The van der Waals surface area contributed by atoms with Crippen LogP contribution in [-0.2, 0) is 20.1 Å². The van der Waals surface area contributed by atoms with Crippen molar-refractivity contribution in [2.24, 2.45) is 0 Å². The van der Waals surface area contributed by atoms with Gasteiger partial charge < -0.3 is 13.6 Å². The molecule has 0 saturated carbocycles. The summed E-state index contributed by atoms with van der Waals surface area (Å²) in [6.07, 6.45) is 0. The molecule has 0 aliphatic rings. The molecule has 0 N–H and O–H groups in total. The summed E-state index contributed by atoms with van der Waals surface area (Å²) in [4.78, 5) is 10.3. The first-order valence-electron chi connectivity index (χ1n) is 26.8. The first kappa shape index (κ1) is 45.5. The summed E-state index contributed by atoms with van der Waals surface area (Å²) in [5, 5.41) is 3.72. The summed E-state index contributed by atoms with van der Waals surface area (Å²) in [5.41, 5.74) is 17.6. The molecule has 5 nitrogen and oxygen atoms in total. The van der Waals surface area contributed by atoms with Crippen LogP contribution in [0.4, 0.5) is 0 Å². The monoisotopic (exact) mass is 1130 g/mol. The molecule has 0 amide bonds. The number of fused-ring (bicyclic) bond motifs is 6. The summed E-state index contributed by atoms with van der Waals surface area (Å²) in [7, 11) is 0. The van der Waals surface area contributed by atoms with Gasteiger partial charge in [0, 0.05) is 41.0 Å². The molecule has 3 heterocycles. The van der Waals surface area contributed by atoms with Gasteiger partial charge in [0.15, 0.2) is 0 Å². The fourth-order valence-corrected chi connectivity index (χ4v) is 10.4. The smallest absolute Gasteiger partial charge is 0.121 e. The summed E-state index contributed by atoms with van der Waals surface area (Å²) >= 11 is 0. The quantitative estimate of drug-likeness (QED) is 0.135. The predicted octanol–water partition coefficient (Wildman–Crippen LogP) is 18.5. The van der Waals surface area contributed by atoms with Gasteiger partial charge in [0.1, 0.15) is 5.58 Å².